The Kier molecular flexibility index (Phi) is 7.96. The second-order valence-corrected chi connectivity index (χ2v) is 7.22. The van der Waals surface area contributed by atoms with Gasteiger partial charge in [0.25, 0.3) is 5.91 Å². The molecule has 0 aliphatic carbocycles. The van der Waals surface area contributed by atoms with E-state index in [-0.39, 0.29) is 23.3 Å². The maximum Gasteiger partial charge on any atom is 0.316 e. The van der Waals surface area contributed by atoms with Crippen LogP contribution in [0.3, 0.4) is 0 Å². The Morgan fingerprint density at radius 3 is 2.58 bits per heavy atom. The van der Waals surface area contributed by atoms with Crippen molar-refractivity contribution in [2.45, 2.75) is 45.6 Å². The van der Waals surface area contributed by atoms with Crippen molar-refractivity contribution in [1.82, 2.24) is 10.1 Å². The summed E-state index contributed by atoms with van der Waals surface area (Å²) in [5.74, 6) is 0.0788. The number of rotatable bonds is 7. The summed E-state index contributed by atoms with van der Waals surface area (Å²) in [6, 6.07) is 1.60. The van der Waals surface area contributed by atoms with E-state index in [4.69, 9.17) is 9.26 Å². The summed E-state index contributed by atoms with van der Waals surface area (Å²) in [5.41, 5.74) is 0. The van der Waals surface area contributed by atoms with E-state index in [1.54, 1.807) is 24.8 Å². The summed E-state index contributed by atoms with van der Waals surface area (Å²) in [6.07, 6.45) is 3.44. The van der Waals surface area contributed by atoms with E-state index in [9.17, 15) is 14.4 Å². The van der Waals surface area contributed by atoms with E-state index >= 15 is 0 Å². The lowest BCUT2D eigenvalue weighted by atomic mass is 10.2. The fourth-order valence-corrected chi connectivity index (χ4v) is 3.26. The summed E-state index contributed by atoms with van der Waals surface area (Å²) in [7, 11) is 0. The topological polar surface area (TPSA) is 102 Å². The minimum atomic E-state index is -0.798. The largest absolute Gasteiger partial charge is 0.452 e. The molecule has 0 unspecified atom stereocenters. The van der Waals surface area contributed by atoms with Crippen molar-refractivity contribution in [3.8, 4) is 0 Å². The van der Waals surface area contributed by atoms with Crippen LogP contribution < -0.4 is 5.32 Å². The van der Waals surface area contributed by atoms with Crippen LogP contribution in [-0.2, 0) is 19.1 Å². The number of hydrogen-bond donors (Lipinski definition) is 1. The van der Waals surface area contributed by atoms with Gasteiger partial charge in [-0.15, -0.1) is 11.8 Å². The number of nitrogens with zero attached hydrogens (tertiary/aromatic N) is 2. The number of anilines is 1. The number of likely N-dealkylation sites (tertiary alicyclic amines) is 1. The third-order valence-corrected chi connectivity index (χ3v) is 4.83. The Morgan fingerprint density at radius 2 is 1.96 bits per heavy atom. The molecule has 1 saturated heterocycles. The van der Waals surface area contributed by atoms with Gasteiger partial charge in [0.05, 0.1) is 11.5 Å². The monoisotopic (exact) mass is 383 g/mol. The van der Waals surface area contributed by atoms with E-state index in [2.05, 4.69) is 10.5 Å². The summed E-state index contributed by atoms with van der Waals surface area (Å²) < 4.78 is 10.1. The molecule has 0 radical (unpaired) electrons. The smallest absolute Gasteiger partial charge is 0.316 e. The number of ether oxygens (including phenoxy) is 1. The van der Waals surface area contributed by atoms with Crippen molar-refractivity contribution >= 4 is 35.4 Å². The van der Waals surface area contributed by atoms with E-state index in [0.717, 1.165) is 50.5 Å². The third-order valence-electron chi connectivity index (χ3n) is 3.92. The Bertz CT molecular complexity index is 626. The molecule has 2 heterocycles. The molecule has 1 atom stereocenters. The molecule has 1 aromatic heterocycles. The van der Waals surface area contributed by atoms with E-state index < -0.39 is 12.1 Å². The van der Waals surface area contributed by atoms with Crippen molar-refractivity contribution in [2.24, 2.45) is 0 Å². The Labute approximate surface area is 157 Å². The molecule has 8 nitrogen and oxygen atoms in total. The zero-order valence-corrected chi connectivity index (χ0v) is 16.0. The SMILES string of the molecule is Cc1cc(NC(=O)CSCC(=O)O[C@H](C)C(=O)N2CCCCCC2)no1. The number of thioether (sulfide) groups is 1. The molecule has 0 bridgehead atoms. The molecule has 1 N–H and O–H groups in total. The van der Waals surface area contributed by atoms with Gasteiger partial charge in [0.1, 0.15) is 5.76 Å². The summed E-state index contributed by atoms with van der Waals surface area (Å²) >= 11 is 1.12. The lowest BCUT2D eigenvalue weighted by Gasteiger charge is -2.23. The highest BCUT2D eigenvalue weighted by atomic mass is 32.2. The van der Waals surface area contributed by atoms with Crippen LogP contribution in [0.4, 0.5) is 5.82 Å². The predicted octanol–water partition coefficient (Wildman–Crippen LogP) is 1.99. The number of esters is 1. The highest BCUT2D eigenvalue weighted by Gasteiger charge is 2.24. The standard InChI is InChI=1S/C17H25N3O5S/c1-12-9-14(19-25-12)18-15(21)10-26-11-16(22)24-13(2)17(23)20-7-5-3-4-6-8-20/h9,13H,3-8,10-11H2,1-2H3,(H,18,19,21)/t13-/m1/s1. The summed E-state index contributed by atoms with van der Waals surface area (Å²) in [6.45, 7) is 4.76. The molecule has 0 aromatic carbocycles. The van der Waals surface area contributed by atoms with Gasteiger partial charge in [-0.25, -0.2) is 0 Å². The highest BCUT2D eigenvalue weighted by Crippen LogP contribution is 2.13. The number of carbonyl (C=O) groups excluding carboxylic acids is 3. The predicted molar refractivity (Wildman–Crippen MR) is 97.8 cm³/mol. The van der Waals surface area contributed by atoms with Gasteiger partial charge in [-0.3, -0.25) is 14.4 Å². The van der Waals surface area contributed by atoms with Gasteiger partial charge >= 0.3 is 5.97 Å². The molecule has 0 spiro atoms. The first-order valence-corrected chi connectivity index (χ1v) is 9.90. The molecular weight excluding hydrogens is 358 g/mol. The second kappa shape index (κ2) is 10.2. The number of nitrogens with one attached hydrogen (secondary N) is 1. The zero-order valence-electron chi connectivity index (χ0n) is 15.2. The van der Waals surface area contributed by atoms with E-state index in [1.165, 1.54) is 0 Å². The number of carbonyl (C=O) groups is 3. The van der Waals surface area contributed by atoms with Gasteiger partial charge in [0.15, 0.2) is 11.9 Å². The van der Waals surface area contributed by atoms with Gasteiger partial charge in [-0.05, 0) is 26.7 Å². The van der Waals surface area contributed by atoms with Crippen LogP contribution in [0.5, 0.6) is 0 Å². The van der Waals surface area contributed by atoms with Gasteiger partial charge in [-0.2, -0.15) is 0 Å². The van der Waals surface area contributed by atoms with E-state index in [1.807, 2.05) is 0 Å². The second-order valence-electron chi connectivity index (χ2n) is 6.24. The first kappa shape index (κ1) is 20.3. The Balaban J connectivity index is 1.65. The van der Waals surface area contributed by atoms with Crippen LogP contribution in [0, 0.1) is 6.92 Å². The number of amides is 2. The zero-order chi connectivity index (χ0) is 18.9. The molecule has 2 amide bonds. The van der Waals surface area contributed by atoms with Gasteiger partial charge in [-0.1, -0.05) is 18.0 Å². The van der Waals surface area contributed by atoms with Crippen LogP contribution >= 0.6 is 11.8 Å². The lowest BCUT2D eigenvalue weighted by molar-refractivity contribution is -0.157. The fourth-order valence-electron chi connectivity index (χ4n) is 2.66. The van der Waals surface area contributed by atoms with Crippen LogP contribution in [0.2, 0.25) is 0 Å². The van der Waals surface area contributed by atoms with Gasteiger partial charge in [0, 0.05) is 19.2 Å². The van der Waals surface area contributed by atoms with Crippen molar-refractivity contribution in [2.75, 3.05) is 29.9 Å². The van der Waals surface area contributed by atoms with Crippen LogP contribution in [-0.4, -0.2) is 58.5 Å². The minimum absolute atomic E-state index is 0.00286. The third kappa shape index (κ3) is 6.70. The maximum absolute atomic E-state index is 12.3. The van der Waals surface area contributed by atoms with Crippen molar-refractivity contribution < 1.29 is 23.6 Å². The van der Waals surface area contributed by atoms with E-state index in [0.29, 0.717) is 11.6 Å². The minimum Gasteiger partial charge on any atom is -0.452 e. The summed E-state index contributed by atoms with van der Waals surface area (Å²) in [4.78, 5) is 37.7. The molecule has 1 aliphatic heterocycles. The van der Waals surface area contributed by atoms with Crippen LogP contribution in [0.15, 0.2) is 10.6 Å². The van der Waals surface area contributed by atoms with Crippen LogP contribution in [0.25, 0.3) is 0 Å². The highest BCUT2D eigenvalue weighted by molar-refractivity contribution is 8.00. The lowest BCUT2D eigenvalue weighted by Crippen LogP contribution is -2.40. The van der Waals surface area contributed by atoms with Crippen molar-refractivity contribution in [1.29, 1.82) is 0 Å². The number of hydrogen-bond acceptors (Lipinski definition) is 7. The normalized spacial score (nSPS) is 15.8. The molecule has 0 saturated carbocycles. The summed E-state index contributed by atoms with van der Waals surface area (Å²) in [5, 5.41) is 6.23. The molecule has 1 aromatic rings. The quantitative estimate of drug-likeness (QED) is 0.718. The molecule has 2 rings (SSSR count). The van der Waals surface area contributed by atoms with Gasteiger partial charge < -0.3 is 19.5 Å². The molecule has 1 aliphatic rings. The Hall–Kier alpha value is -2.03. The molecule has 9 heteroatoms. The first-order chi connectivity index (χ1) is 12.5. The van der Waals surface area contributed by atoms with Crippen LogP contribution in [0.1, 0.15) is 38.4 Å². The van der Waals surface area contributed by atoms with Crippen molar-refractivity contribution in [3.63, 3.8) is 0 Å². The average Bonchev–Trinajstić information content (AvgIpc) is 2.84. The molecule has 144 valence electrons. The van der Waals surface area contributed by atoms with Crippen molar-refractivity contribution in [3.05, 3.63) is 11.8 Å². The maximum atomic E-state index is 12.3. The Morgan fingerprint density at radius 1 is 1.27 bits per heavy atom. The molecule has 26 heavy (non-hydrogen) atoms. The molecule has 1 fully saturated rings. The molecular formula is C17H25N3O5S. The fraction of sp³-hybridized carbons (Fsp3) is 0.647. The number of aromatic nitrogens is 1. The first-order valence-electron chi connectivity index (χ1n) is 8.75. The average molecular weight is 383 g/mol. The number of aryl methyl sites for hydroxylation is 1. The van der Waals surface area contributed by atoms with Gasteiger partial charge in [0.2, 0.25) is 5.91 Å².